The van der Waals surface area contributed by atoms with Gasteiger partial charge in [0.2, 0.25) is 5.91 Å². The standard InChI is InChI=1S/C17H23N5OS/c18-14-8-19-20-17(14)13-2-1-5-21(9-13)11-16(23)22-6-3-15-12(10-22)4-7-24-15/h4,7-8,13H,1-3,5-6,9-11,18H2,(H,19,20). The number of hydrogen-bond acceptors (Lipinski definition) is 5. The molecule has 2 aliphatic rings. The molecule has 7 heteroatoms. The lowest BCUT2D eigenvalue weighted by molar-refractivity contribution is -0.133. The predicted octanol–water partition coefficient (Wildman–Crippen LogP) is 1.82. The number of thiophene rings is 1. The highest BCUT2D eigenvalue weighted by Crippen LogP contribution is 2.29. The Morgan fingerprint density at radius 3 is 3.21 bits per heavy atom. The Morgan fingerprint density at radius 2 is 2.38 bits per heavy atom. The van der Waals surface area contributed by atoms with Gasteiger partial charge in [-0.3, -0.25) is 14.8 Å². The van der Waals surface area contributed by atoms with Crippen LogP contribution in [0.3, 0.4) is 0 Å². The minimum atomic E-state index is 0.241. The van der Waals surface area contributed by atoms with Crippen molar-refractivity contribution in [2.45, 2.75) is 31.7 Å². The van der Waals surface area contributed by atoms with Crippen LogP contribution in [0.1, 0.15) is 34.9 Å². The summed E-state index contributed by atoms with van der Waals surface area (Å²) in [5, 5.41) is 9.18. The van der Waals surface area contributed by atoms with E-state index in [1.54, 1.807) is 17.5 Å². The number of nitrogens with one attached hydrogen (secondary N) is 1. The minimum absolute atomic E-state index is 0.241. The van der Waals surface area contributed by atoms with E-state index < -0.39 is 0 Å². The molecule has 1 saturated heterocycles. The number of amides is 1. The van der Waals surface area contributed by atoms with Crippen molar-refractivity contribution in [1.82, 2.24) is 20.0 Å². The van der Waals surface area contributed by atoms with Crippen LogP contribution in [0.2, 0.25) is 0 Å². The number of carbonyl (C=O) groups is 1. The molecule has 4 rings (SSSR count). The number of aromatic nitrogens is 2. The molecule has 1 atom stereocenters. The van der Waals surface area contributed by atoms with E-state index >= 15 is 0 Å². The van der Waals surface area contributed by atoms with Crippen LogP contribution >= 0.6 is 11.3 Å². The van der Waals surface area contributed by atoms with E-state index in [0.29, 0.717) is 12.5 Å². The van der Waals surface area contributed by atoms with E-state index in [0.717, 1.165) is 56.8 Å². The first-order valence-corrected chi connectivity index (χ1v) is 9.43. The fourth-order valence-corrected chi connectivity index (χ4v) is 4.71. The van der Waals surface area contributed by atoms with Crippen LogP contribution in [-0.4, -0.2) is 52.1 Å². The van der Waals surface area contributed by atoms with Gasteiger partial charge >= 0.3 is 0 Å². The van der Waals surface area contributed by atoms with Gasteiger partial charge in [-0.25, -0.2) is 0 Å². The van der Waals surface area contributed by atoms with Crippen LogP contribution in [0.25, 0.3) is 0 Å². The Bertz CT molecular complexity index is 724. The van der Waals surface area contributed by atoms with E-state index in [2.05, 4.69) is 26.5 Å². The van der Waals surface area contributed by atoms with E-state index in [9.17, 15) is 4.79 Å². The molecule has 0 spiro atoms. The molecule has 3 N–H and O–H groups in total. The van der Waals surface area contributed by atoms with Crippen LogP contribution in [0.15, 0.2) is 17.6 Å². The normalized spacial score (nSPS) is 21.7. The van der Waals surface area contributed by atoms with Crippen molar-refractivity contribution < 1.29 is 4.79 Å². The number of aromatic amines is 1. The SMILES string of the molecule is Nc1cn[nH]c1C1CCCN(CC(=O)N2CCc3sccc3C2)C1. The maximum absolute atomic E-state index is 12.7. The molecule has 0 aliphatic carbocycles. The van der Waals surface area contributed by atoms with Gasteiger partial charge in [0.15, 0.2) is 0 Å². The van der Waals surface area contributed by atoms with Gasteiger partial charge in [-0.2, -0.15) is 5.10 Å². The Kier molecular flexibility index (Phi) is 4.28. The number of anilines is 1. The number of likely N-dealkylation sites (tertiary alicyclic amines) is 1. The van der Waals surface area contributed by atoms with E-state index in [-0.39, 0.29) is 5.91 Å². The lowest BCUT2D eigenvalue weighted by Gasteiger charge is -2.34. The van der Waals surface area contributed by atoms with Crippen LogP contribution in [0.5, 0.6) is 0 Å². The van der Waals surface area contributed by atoms with Crippen molar-refractivity contribution in [1.29, 1.82) is 0 Å². The van der Waals surface area contributed by atoms with Crippen molar-refractivity contribution in [2.24, 2.45) is 0 Å². The molecule has 0 radical (unpaired) electrons. The summed E-state index contributed by atoms with van der Waals surface area (Å²) >= 11 is 1.81. The second-order valence-corrected chi connectivity index (χ2v) is 7.75. The van der Waals surface area contributed by atoms with Gasteiger partial charge in [0.25, 0.3) is 0 Å². The Balaban J connectivity index is 1.37. The fourth-order valence-electron chi connectivity index (χ4n) is 3.82. The van der Waals surface area contributed by atoms with E-state index in [1.165, 1.54) is 10.4 Å². The quantitative estimate of drug-likeness (QED) is 0.889. The Morgan fingerprint density at radius 1 is 1.46 bits per heavy atom. The first kappa shape index (κ1) is 15.7. The van der Waals surface area contributed by atoms with Crippen molar-refractivity contribution >= 4 is 22.9 Å². The van der Waals surface area contributed by atoms with Crippen molar-refractivity contribution in [2.75, 3.05) is 31.9 Å². The smallest absolute Gasteiger partial charge is 0.237 e. The van der Waals surface area contributed by atoms with Crippen LogP contribution < -0.4 is 5.73 Å². The van der Waals surface area contributed by atoms with Crippen LogP contribution in [0, 0.1) is 0 Å². The molecule has 6 nitrogen and oxygen atoms in total. The maximum atomic E-state index is 12.7. The van der Waals surface area contributed by atoms with E-state index in [1.807, 2.05) is 4.90 Å². The third-order valence-electron chi connectivity index (χ3n) is 5.13. The lowest BCUT2D eigenvalue weighted by Crippen LogP contribution is -2.45. The fraction of sp³-hybridized carbons (Fsp3) is 0.529. The third kappa shape index (κ3) is 3.06. The minimum Gasteiger partial charge on any atom is -0.396 e. The molecule has 0 aromatic carbocycles. The molecule has 0 bridgehead atoms. The number of fused-ring (bicyclic) bond motifs is 1. The number of carbonyl (C=O) groups excluding carboxylic acids is 1. The number of nitrogen functional groups attached to an aromatic ring is 1. The second kappa shape index (κ2) is 6.57. The van der Waals surface area contributed by atoms with Crippen LogP contribution in [0.4, 0.5) is 5.69 Å². The van der Waals surface area contributed by atoms with Gasteiger partial charge in [-0.05, 0) is 42.8 Å². The Labute approximate surface area is 145 Å². The molecule has 1 amide bonds. The molecule has 2 aliphatic heterocycles. The zero-order valence-electron chi connectivity index (χ0n) is 13.7. The Hall–Kier alpha value is -1.86. The predicted molar refractivity (Wildman–Crippen MR) is 94.9 cm³/mol. The number of piperidine rings is 1. The highest BCUT2D eigenvalue weighted by Gasteiger charge is 2.28. The average molecular weight is 345 g/mol. The highest BCUT2D eigenvalue weighted by atomic mass is 32.1. The molecule has 24 heavy (non-hydrogen) atoms. The molecular formula is C17H23N5OS. The maximum Gasteiger partial charge on any atom is 0.237 e. The zero-order chi connectivity index (χ0) is 16.5. The number of nitrogens with zero attached hydrogens (tertiary/aromatic N) is 3. The number of H-pyrrole nitrogens is 1. The largest absolute Gasteiger partial charge is 0.396 e. The average Bonchev–Trinajstić information content (AvgIpc) is 3.22. The third-order valence-corrected chi connectivity index (χ3v) is 6.16. The molecule has 2 aromatic rings. The number of nitrogens with two attached hydrogens (primary N) is 1. The van der Waals surface area contributed by atoms with Gasteiger partial charge in [0.1, 0.15) is 0 Å². The molecule has 128 valence electrons. The van der Waals surface area contributed by atoms with Gasteiger partial charge in [-0.15, -0.1) is 11.3 Å². The van der Waals surface area contributed by atoms with Gasteiger partial charge in [-0.1, -0.05) is 0 Å². The zero-order valence-corrected chi connectivity index (χ0v) is 14.5. The topological polar surface area (TPSA) is 78.2 Å². The molecular weight excluding hydrogens is 322 g/mol. The molecule has 4 heterocycles. The second-order valence-electron chi connectivity index (χ2n) is 6.75. The lowest BCUT2D eigenvalue weighted by atomic mass is 9.94. The van der Waals surface area contributed by atoms with Gasteiger partial charge in [0.05, 0.1) is 24.1 Å². The van der Waals surface area contributed by atoms with Crippen molar-refractivity contribution in [3.05, 3.63) is 33.8 Å². The summed E-state index contributed by atoms with van der Waals surface area (Å²) in [6, 6.07) is 2.15. The van der Waals surface area contributed by atoms with Crippen molar-refractivity contribution in [3.8, 4) is 0 Å². The highest BCUT2D eigenvalue weighted by molar-refractivity contribution is 7.10. The molecule has 1 unspecified atom stereocenters. The molecule has 2 aromatic heterocycles. The van der Waals surface area contributed by atoms with Crippen LogP contribution in [-0.2, 0) is 17.8 Å². The van der Waals surface area contributed by atoms with Gasteiger partial charge in [0, 0.05) is 30.4 Å². The summed E-state index contributed by atoms with van der Waals surface area (Å²) in [6.07, 6.45) is 4.85. The molecule has 1 fully saturated rings. The summed E-state index contributed by atoms with van der Waals surface area (Å²) in [6.45, 7) is 3.97. The van der Waals surface area contributed by atoms with Crippen molar-refractivity contribution in [3.63, 3.8) is 0 Å². The summed E-state index contributed by atoms with van der Waals surface area (Å²) in [5.74, 6) is 0.587. The molecule has 0 saturated carbocycles. The number of hydrogen-bond donors (Lipinski definition) is 2. The summed E-state index contributed by atoms with van der Waals surface area (Å²) in [4.78, 5) is 18.4. The summed E-state index contributed by atoms with van der Waals surface area (Å²) in [5.41, 5.74) is 9.06. The van der Waals surface area contributed by atoms with Gasteiger partial charge < -0.3 is 10.6 Å². The first-order valence-electron chi connectivity index (χ1n) is 8.55. The number of rotatable bonds is 3. The summed E-state index contributed by atoms with van der Waals surface area (Å²) < 4.78 is 0. The van der Waals surface area contributed by atoms with E-state index in [4.69, 9.17) is 5.73 Å². The first-order chi connectivity index (χ1) is 11.7. The monoisotopic (exact) mass is 345 g/mol. The summed E-state index contributed by atoms with van der Waals surface area (Å²) in [7, 11) is 0.